The van der Waals surface area contributed by atoms with Crippen molar-refractivity contribution in [1.29, 1.82) is 0 Å². The second kappa shape index (κ2) is 15.3. The number of benzene rings is 1. The Labute approximate surface area is 298 Å². The molecule has 6 rings (SSSR count). The highest BCUT2D eigenvalue weighted by molar-refractivity contribution is 5.92. The highest BCUT2D eigenvalue weighted by Crippen LogP contribution is 2.39. The van der Waals surface area contributed by atoms with Crippen LogP contribution in [0, 0.1) is 0 Å². The van der Waals surface area contributed by atoms with Crippen molar-refractivity contribution >= 4 is 23.4 Å². The van der Waals surface area contributed by atoms with E-state index in [-0.39, 0.29) is 35.1 Å². The van der Waals surface area contributed by atoms with Gasteiger partial charge in [-0.25, -0.2) is 14.8 Å². The van der Waals surface area contributed by atoms with Gasteiger partial charge in [0.15, 0.2) is 11.5 Å². The first-order valence-electron chi connectivity index (χ1n) is 17.6. The van der Waals surface area contributed by atoms with E-state index in [0.29, 0.717) is 55.5 Å². The minimum Gasteiger partial charge on any atom is -0.484 e. The van der Waals surface area contributed by atoms with E-state index in [1.807, 2.05) is 81.6 Å². The average molecular weight is 700 g/mol. The Balaban J connectivity index is 1.13. The Bertz CT molecular complexity index is 1850. The maximum atomic E-state index is 13.5. The number of pyridine rings is 1. The SMILES string of the molecule is COC(C)(C)c1nnc2ccc(O[C@@H]3CC[C@H](NC(=O)Nc4cc(C(C)(C)C)nc(C(=O)NCCN5CCCOCC5)n4)c4ccccc43)cn12. The number of carbonyl (C=O) groups excluding carboxylic acids is 2. The number of fused-ring (bicyclic) bond motifs is 2. The highest BCUT2D eigenvalue weighted by atomic mass is 16.5. The summed E-state index contributed by atoms with van der Waals surface area (Å²) in [5.41, 5.74) is 2.31. The maximum absolute atomic E-state index is 13.5. The average Bonchev–Trinajstić information content (AvgIpc) is 3.37. The number of hydrogen-bond donors (Lipinski definition) is 3. The van der Waals surface area contributed by atoms with Crippen molar-refractivity contribution in [3.63, 3.8) is 0 Å². The molecule has 14 heteroatoms. The zero-order chi connectivity index (χ0) is 36.2. The lowest BCUT2D eigenvalue weighted by Crippen LogP contribution is -2.37. The highest BCUT2D eigenvalue weighted by Gasteiger charge is 2.31. The molecular formula is C37H49N9O5. The fourth-order valence-corrected chi connectivity index (χ4v) is 6.37. The second-order valence-corrected chi connectivity index (χ2v) is 14.6. The lowest BCUT2D eigenvalue weighted by molar-refractivity contribution is 0.0106. The van der Waals surface area contributed by atoms with Crippen molar-refractivity contribution < 1.29 is 23.8 Å². The molecule has 0 bridgehead atoms. The molecule has 14 nitrogen and oxygen atoms in total. The fraction of sp³-hybridized carbons (Fsp3) is 0.514. The van der Waals surface area contributed by atoms with Crippen LogP contribution in [0.25, 0.3) is 5.65 Å². The molecule has 2 aliphatic rings. The second-order valence-electron chi connectivity index (χ2n) is 14.6. The molecule has 1 fully saturated rings. The van der Waals surface area contributed by atoms with Gasteiger partial charge in [-0.15, -0.1) is 10.2 Å². The van der Waals surface area contributed by atoms with Gasteiger partial charge in [-0.05, 0) is 56.4 Å². The van der Waals surface area contributed by atoms with Crippen LogP contribution in [0.2, 0.25) is 0 Å². The van der Waals surface area contributed by atoms with Crippen LogP contribution in [0.15, 0.2) is 48.7 Å². The molecule has 51 heavy (non-hydrogen) atoms. The molecule has 3 aromatic heterocycles. The molecule has 3 N–H and O–H groups in total. The van der Waals surface area contributed by atoms with Crippen LogP contribution in [0.5, 0.6) is 5.75 Å². The molecule has 0 unspecified atom stereocenters. The number of methoxy groups -OCH3 is 1. The van der Waals surface area contributed by atoms with Crippen LogP contribution in [0.3, 0.4) is 0 Å². The number of anilines is 1. The Hall–Kier alpha value is -4.66. The minimum atomic E-state index is -0.633. The number of hydrogen-bond acceptors (Lipinski definition) is 10. The molecule has 1 aliphatic heterocycles. The van der Waals surface area contributed by atoms with Crippen LogP contribution < -0.4 is 20.7 Å². The number of aromatic nitrogens is 5. The number of carbonyl (C=O) groups is 2. The summed E-state index contributed by atoms with van der Waals surface area (Å²) in [5.74, 6) is 1.24. The van der Waals surface area contributed by atoms with Gasteiger partial charge in [-0.3, -0.25) is 19.4 Å². The molecule has 0 spiro atoms. The minimum absolute atomic E-state index is 0.0162. The Morgan fingerprint density at radius 2 is 1.78 bits per heavy atom. The molecule has 0 saturated carbocycles. The summed E-state index contributed by atoms with van der Waals surface area (Å²) in [6.07, 6.45) is 3.97. The first-order valence-corrected chi connectivity index (χ1v) is 17.6. The summed E-state index contributed by atoms with van der Waals surface area (Å²) >= 11 is 0. The fourth-order valence-electron chi connectivity index (χ4n) is 6.37. The smallest absolute Gasteiger partial charge is 0.320 e. The van der Waals surface area contributed by atoms with Crippen LogP contribution >= 0.6 is 0 Å². The zero-order valence-corrected chi connectivity index (χ0v) is 30.4. The predicted molar refractivity (Wildman–Crippen MR) is 192 cm³/mol. The van der Waals surface area contributed by atoms with Gasteiger partial charge in [0, 0.05) is 51.4 Å². The summed E-state index contributed by atoms with van der Waals surface area (Å²) in [5, 5.41) is 17.6. The monoisotopic (exact) mass is 699 g/mol. The van der Waals surface area contributed by atoms with Crippen LogP contribution in [-0.2, 0) is 20.5 Å². The summed E-state index contributed by atoms with van der Waals surface area (Å²) < 4.78 is 19.6. The molecule has 272 valence electrons. The van der Waals surface area contributed by atoms with Crippen LogP contribution in [-0.4, -0.2) is 87.9 Å². The number of nitrogens with zero attached hydrogens (tertiary/aromatic N) is 6. The van der Waals surface area contributed by atoms with Crippen molar-refractivity contribution in [3.05, 3.63) is 77.1 Å². The van der Waals surface area contributed by atoms with Crippen LogP contribution in [0.4, 0.5) is 10.6 Å². The summed E-state index contributed by atoms with van der Waals surface area (Å²) in [7, 11) is 1.65. The molecule has 4 heterocycles. The quantitative estimate of drug-likeness (QED) is 0.208. The van der Waals surface area contributed by atoms with Gasteiger partial charge in [0.05, 0.1) is 24.5 Å². The van der Waals surface area contributed by atoms with Gasteiger partial charge in [0.2, 0.25) is 5.82 Å². The van der Waals surface area contributed by atoms with Crippen LogP contribution in [0.1, 0.15) is 99.3 Å². The Morgan fingerprint density at radius 1 is 0.980 bits per heavy atom. The van der Waals surface area contributed by atoms with Crippen molar-refractivity contribution in [3.8, 4) is 5.75 Å². The molecule has 1 saturated heterocycles. The third kappa shape index (κ3) is 8.63. The van der Waals surface area contributed by atoms with E-state index in [1.54, 1.807) is 13.2 Å². The van der Waals surface area contributed by atoms with Crippen molar-refractivity contribution in [2.75, 3.05) is 51.8 Å². The zero-order valence-electron chi connectivity index (χ0n) is 30.4. The van der Waals surface area contributed by atoms with E-state index < -0.39 is 11.6 Å². The first-order chi connectivity index (χ1) is 24.4. The van der Waals surface area contributed by atoms with E-state index in [2.05, 4.69) is 41.0 Å². The topological polar surface area (TPSA) is 157 Å². The number of ether oxygens (including phenoxy) is 3. The van der Waals surface area contributed by atoms with Crippen molar-refractivity contribution in [2.24, 2.45) is 0 Å². The summed E-state index contributed by atoms with van der Waals surface area (Å²) in [6, 6.07) is 12.8. The van der Waals surface area contributed by atoms with E-state index in [0.717, 1.165) is 37.2 Å². The van der Waals surface area contributed by atoms with Crippen molar-refractivity contribution in [1.82, 2.24) is 40.1 Å². The van der Waals surface area contributed by atoms with E-state index in [4.69, 9.17) is 14.2 Å². The van der Waals surface area contributed by atoms with E-state index in [9.17, 15) is 9.59 Å². The third-order valence-corrected chi connectivity index (χ3v) is 9.41. The molecule has 1 aromatic carbocycles. The molecular weight excluding hydrogens is 650 g/mol. The molecule has 3 amide bonds. The first kappa shape index (κ1) is 36.1. The van der Waals surface area contributed by atoms with Gasteiger partial charge in [0.25, 0.3) is 5.91 Å². The molecule has 4 aromatic rings. The molecule has 1 aliphatic carbocycles. The normalized spacial score (nSPS) is 18.5. The maximum Gasteiger partial charge on any atom is 0.320 e. The van der Waals surface area contributed by atoms with Gasteiger partial charge >= 0.3 is 6.03 Å². The summed E-state index contributed by atoms with van der Waals surface area (Å²) in [4.78, 5) is 37.9. The standard InChI is InChI=1S/C37H49N9O5/c1-36(2,3)29-22-30(41-32(40-29)33(47)38-16-18-45-17-9-20-50-21-19-45)42-35(48)39-27-13-14-28(26-11-8-7-10-25(26)27)51-24-12-15-31-43-44-34(46(31)23-24)37(4,5)49-6/h7-8,10-12,15,22-23,27-28H,9,13-14,16-21H2,1-6H3,(H,38,47)(H2,39,40,41,42,48)/t27-,28+/m0/s1. The van der Waals surface area contributed by atoms with Gasteiger partial charge < -0.3 is 24.8 Å². The van der Waals surface area contributed by atoms with Gasteiger partial charge in [0.1, 0.15) is 23.3 Å². The van der Waals surface area contributed by atoms with E-state index in [1.165, 1.54) is 0 Å². The summed E-state index contributed by atoms with van der Waals surface area (Å²) in [6.45, 7) is 14.3. The molecule has 0 radical (unpaired) electrons. The third-order valence-electron chi connectivity index (χ3n) is 9.41. The molecule has 2 atom stereocenters. The predicted octanol–water partition coefficient (Wildman–Crippen LogP) is 4.93. The number of amides is 3. The number of nitrogens with one attached hydrogen (secondary N) is 3. The Morgan fingerprint density at radius 3 is 2.57 bits per heavy atom. The van der Waals surface area contributed by atoms with E-state index >= 15 is 0 Å². The largest absolute Gasteiger partial charge is 0.484 e. The van der Waals surface area contributed by atoms with Gasteiger partial charge in [-0.1, -0.05) is 45.0 Å². The Kier molecular flexibility index (Phi) is 10.8. The number of urea groups is 1. The van der Waals surface area contributed by atoms with Gasteiger partial charge in [-0.2, -0.15) is 0 Å². The van der Waals surface area contributed by atoms with Crippen molar-refractivity contribution in [2.45, 2.75) is 77.0 Å². The lowest BCUT2D eigenvalue weighted by atomic mass is 9.85. The lowest BCUT2D eigenvalue weighted by Gasteiger charge is -2.32. The number of rotatable bonds is 10.